The van der Waals surface area contributed by atoms with E-state index in [1.165, 1.54) is 0 Å². The van der Waals surface area contributed by atoms with Crippen LogP contribution in [0, 0.1) is 0 Å². The molecule has 0 rings (SSSR count). The molecule has 0 spiro atoms. The van der Waals surface area contributed by atoms with Crippen molar-refractivity contribution in [3.63, 3.8) is 0 Å². The molecule has 0 fully saturated rings. The number of ether oxygens (including phenoxy) is 3. The number of hydrogen-bond acceptors (Lipinski definition) is 6. The Hall–Kier alpha value is -1.94. The summed E-state index contributed by atoms with van der Waals surface area (Å²) in [5.74, 6) is -1.07. The Morgan fingerprint density at radius 1 is 0.655 bits per heavy atom. The summed E-state index contributed by atoms with van der Waals surface area (Å²) in [5.41, 5.74) is 1.20. The van der Waals surface area contributed by atoms with Gasteiger partial charge in [0.1, 0.15) is 0 Å². The van der Waals surface area contributed by atoms with Gasteiger partial charge in [-0.3, -0.25) is 0 Å². The van der Waals surface area contributed by atoms with E-state index in [-0.39, 0.29) is 17.9 Å². The maximum absolute atomic E-state index is 11.5. The van der Waals surface area contributed by atoms with Crippen molar-refractivity contribution < 1.29 is 28.6 Å². The topological polar surface area (TPSA) is 78.9 Å². The van der Waals surface area contributed by atoms with Crippen LogP contribution in [0.4, 0.5) is 0 Å². The molecule has 0 bridgehead atoms. The first kappa shape index (κ1) is 27.1. The van der Waals surface area contributed by atoms with Gasteiger partial charge in [0.05, 0.1) is 19.8 Å². The molecule has 164 valence electrons. The predicted molar refractivity (Wildman–Crippen MR) is 121 cm³/mol. The van der Waals surface area contributed by atoms with Crippen LogP contribution in [0.5, 0.6) is 0 Å². The molecule has 0 aromatic carbocycles. The Balaban J connectivity index is 4.54. The van der Waals surface area contributed by atoms with E-state index in [9.17, 15) is 14.4 Å². The van der Waals surface area contributed by atoms with Gasteiger partial charge in [0, 0.05) is 24.3 Å². The van der Waals surface area contributed by atoms with Gasteiger partial charge in [-0.1, -0.05) is 37.9 Å². The molecule has 0 aliphatic heterocycles. The van der Waals surface area contributed by atoms with Crippen molar-refractivity contribution in [2.45, 2.75) is 58.2 Å². The molecule has 0 amide bonds. The highest BCUT2D eigenvalue weighted by atomic mass is 29.2. The molecule has 0 heterocycles. The lowest BCUT2D eigenvalue weighted by atomic mass is 10.4. The summed E-state index contributed by atoms with van der Waals surface area (Å²) < 4.78 is 15.6. The Morgan fingerprint density at radius 2 is 0.897 bits per heavy atom. The maximum atomic E-state index is 11.5. The van der Waals surface area contributed by atoms with Gasteiger partial charge in [-0.15, -0.1) is 0 Å². The molecule has 0 aliphatic rings. The second kappa shape index (κ2) is 14.1. The van der Waals surface area contributed by atoms with Gasteiger partial charge in [-0.05, 0) is 49.8 Å². The SMILES string of the molecule is C=C(C)C(=O)OCCC[Si]([SiH3])(CCCOC(=O)C(=C)C)CCCOC(=O)C(=C)C. The fourth-order valence-electron chi connectivity index (χ4n) is 2.74. The summed E-state index contributed by atoms with van der Waals surface area (Å²) in [4.78, 5) is 34.5. The predicted octanol–water partition coefficient (Wildman–Crippen LogP) is 2.83. The summed E-state index contributed by atoms with van der Waals surface area (Å²) in [5, 5.41) is 0. The Kier molecular flexibility index (Phi) is 13.2. The summed E-state index contributed by atoms with van der Waals surface area (Å²) in [6, 6.07) is 3.10. The van der Waals surface area contributed by atoms with E-state index < -0.39 is 7.59 Å². The molecule has 8 heteroatoms. The molecule has 0 aromatic heterocycles. The van der Waals surface area contributed by atoms with Crippen LogP contribution in [0.3, 0.4) is 0 Å². The van der Waals surface area contributed by atoms with Crippen molar-refractivity contribution in [1.29, 1.82) is 0 Å². The average Bonchev–Trinajstić information content (AvgIpc) is 2.65. The first-order valence-electron chi connectivity index (χ1n) is 9.96. The van der Waals surface area contributed by atoms with Crippen molar-refractivity contribution in [1.82, 2.24) is 0 Å². The first-order valence-corrected chi connectivity index (χ1v) is 16.1. The van der Waals surface area contributed by atoms with Crippen molar-refractivity contribution in [3.8, 4) is 0 Å². The van der Waals surface area contributed by atoms with Crippen LogP contribution in [-0.4, -0.2) is 55.1 Å². The quantitative estimate of drug-likeness (QED) is 0.128. The van der Waals surface area contributed by atoms with E-state index in [0.717, 1.165) is 47.2 Å². The minimum absolute atomic E-state index is 0.357. The van der Waals surface area contributed by atoms with Gasteiger partial charge in [0.15, 0.2) is 0 Å². The standard InChI is InChI=1S/C21H36O6Si2/c1-16(2)19(22)25-10-7-13-29(28,14-8-11-26-20(23)17(3)4)15-9-12-27-21(24)18(5)6/h1,3,5,7-15H2,2,4,6,28H3. The molecular formula is C21H36O6Si2. The molecule has 29 heavy (non-hydrogen) atoms. The molecule has 0 saturated carbocycles. The Morgan fingerprint density at radius 3 is 1.10 bits per heavy atom. The normalized spacial score (nSPS) is 10.9. The van der Waals surface area contributed by atoms with Crippen molar-refractivity contribution in [2.75, 3.05) is 19.8 Å². The third-order valence-corrected chi connectivity index (χ3v) is 13.7. The first-order chi connectivity index (χ1) is 13.5. The zero-order valence-corrected chi connectivity index (χ0v) is 21.4. The molecule has 0 saturated heterocycles. The second-order valence-electron chi connectivity index (χ2n) is 7.87. The lowest BCUT2D eigenvalue weighted by Gasteiger charge is -2.28. The van der Waals surface area contributed by atoms with Crippen LogP contribution in [0.15, 0.2) is 36.5 Å². The molecule has 0 aliphatic carbocycles. The van der Waals surface area contributed by atoms with Gasteiger partial charge >= 0.3 is 17.9 Å². The number of rotatable bonds is 15. The monoisotopic (exact) mass is 440 g/mol. The number of carbonyl (C=O) groups is 3. The number of esters is 3. The van der Waals surface area contributed by atoms with Crippen molar-refractivity contribution in [2.24, 2.45) is 0 Å². The highest BCUT2D eigenvalue weighted by Gasteiger charge is 2.26. The fourth-order valence-corrected chi connectivity index (χ4v) is 9.66. The third-order valence-electron chi connectivity index (χ3n) is 4.52. The van der Waals surface area contributed by atoms with Crippen molar-refractivity contribution in [3.05, 3.63) is 36.5 Å². The van der Waals surface area contributed by atoms with E-state index in [1.54, 1.807) is 20.8 Å². The lowest BCUT2D eigenvalue weighted by Crippen LogP contribution is -2.36. The molecule has 0 unspecified atom stereocenters. The summed E-state index contributed by atoms with van der Waals surface area (Å²) in [6.07, 6.45) is 2.43. The van der Waals surface area contributed by atoms with Gasteiger partial charge in [0.25, 0.3) is 0 Å². The number of hydrogen-bond donors (Lipinski definition) is 0. The maximum Gasteiger partial charge on any atom is 0.333 e. The van der Waals surface area contributed by atoms with Crippen LogP contribution >= 0.6 is 0 Å². The summed E-state index contributed by atoms with van der Waals surface area (Å²) in [7, 11) is -0.487. The van der Waals surface area contributed by atoms with Crippen LogP contribution in [0.25, 0.3) is 0 Å². The highest BCUT2D eigenvalue weighted by Crippen LogP contribution is 2.23. The van der Waals surface area contributed by atoms with Crippen LogP contribution in [0.1, 0.15) is 40.0 Å². The van der Waals surface area contributed by atoms with E-state index in [2.05, 4.69) is 19.7 Å². The molecule has 6 nitrogen and oxygen atoms in total. The second-order valence-corrected chi connectivity index (χ2v) is 19.4. The van der Waals surface area contributed by atoms with Crippen LogP contribution in [0.2, 0.25) is 18.1 Å². The molecule has 0 aromatic rings. The van der Waals surface area contributed by atoms with Gasteiger partial charge in [-0.25, -0.2) is 14.4 Å². The van der Waals surface area contributed by atoms with Crippen LogP contribution in [-0.2, 0) is 28.6 Å². The molecule has 0 N–H and O–H groups in total. The zero-order chi connectivity index (χ0) is 22.4. The summed E-state index contributed by atoms with van der Waals surface area (Å²) in [6.45, 7) is 16.8. The average molecular weight is 441 g/mol. The fraction of sp³-hybridized carbons (Fsp3) is 0.571. The Bertz CT molecular complexity index is 543. The van der Waals surface area contributed by atoms with E-state index in [4.69, 9.17) is 14.2 Å². The highest BCUT2D eigenvalue weighted by molar-refractivity contribution is 7.17. The van der Waals surface area contributed by atoms with E-state index >= 15 is 0 Å². The molecule has 0 radical (unpaired) electrons. The minimum Gasteiger partial charge on any atom is -0.462 e. The summed E-state index contributed by atoms with van der Waals surface area (Å²) >= 11 is 0. The van der Waals surface area contributed by atoms with Gasteiger partial charge < -0.3 is 14.2 Å². The zero-order valence-electron chi connectivity index (χ0n) is 18.4. The smallest absolute Gasteiger partial charge is 0.333 e. The minimum atomic E-state index is -1.55. The molecular weight excluding hydrogens is 404 g/mol. The van der Waals surface area contributed by atoms with Crippen molar-refractivity contribution >= 4 is 35.3 Å². The largest absolute Gasteiger partial charge is 0.462 e. The van der Waals surface area contributed by atoms with Gasteiger partial charge in [0.2, 0.25) is 0 Å². The number of carbonyl (C=O) groups excluding carboxylic acids is 3. The van der Waals surface area contributed by atoms with Gasteiger partial charge in [-0.2, -0.15) is 0 Å². The lowest BCUT2D eigenvalue weighted by molar-refractivity contribution is -0.139. The van der Waals surface area contributed by atoms with E-state index in [1.807, 2.05) is 0 Å². The van der Waals surface area contributed by atoms with Crippen LogP contribution < -0.4 is 0 Å². The molecule has 0 atom stereocenters. The Labute approximate surface area is 178 Å². The third kappa shape index (κ3) is 13.0. The van der Waals surface area contributed by atoms with E-state index in [0.29, 0.717) is 36.5 Å².